The molecule has 20 heavy (non-hydrogen) atoms. The Hall–Kier alpha value is -2.32. The van der Waals surface area contributed by atoms with Gasteiger partial charge in [-0.3, -0.25) is 0 Å². The zero-order valence-corrected chi connectivity index (χ0v) is 10.5. The molecule has 0 spiro atoms. The number of rotatable bonds is 2. The maximum atomic E-state index is 13.8. The van der Waals surface area contributed by atoms with Crippen molar-refractivity contribution in [3.05, 3.63) is 22.5 Å². The van der Waals surface area contributed by atoms with Crippen LogP contribution >= 0.6 is 0 Å². The Kier molecular flexibility index (Phi) is 1.96. The SMILES string of the molecule is Cn1nnc2c(C(=O)OC3C4CC3(F)C4)ncn2c1=O. The van der Waals surface area contributed by atoms with Crippen molar-refractivity contribution in [1.29, 1.82) is 0 Å². The van der Waals surface area contributed by atoms with Gasteiger partial charge in [-0.05, 0) is 12.8 Å². The predicted molar refractivity (Wildman–Crippen MR) is 61.8 cm³/mol. The highest BCUT2D eigenvalue weighted by molar-refractivity contribution is 5.93. The van der Waals surface area contributed by atoms with E-state index in [4.69, 9.17) is 4.74 Å². The Morgan fingerprint density at radius 3 is 2.90 bits per heavy atom. The van der Waals surface area contributed by atoms with Crippen LogP contribution in [-0.4, -0.2) is 42.1 Å². The Morgan fingerprint density at radius 1 is 1.55 bits per heavy atom. The number of carbonyl (C=O) groups excluding carboxylic acids is 1. The van der Waals surface area contributed by atoms with Crippen LogP contribution in [0.1, 0.15) is 23.3 Å². The van der Waals surface area contributed by atoms with Crippen molar-refractivity contribution >= 4 is 11.6 Å². The van der Waals surface area contributed by atoms with Crippen molar-refractivity contribution in [1.82, 2.24) is 24.4 Å². The van der Waals surface area contributed by atoms with Gasteiger partial charge in [-0.15, -0.1) is 5.10 Å². The minimum Gasteiger partial charge on any atom is -0.454 e. The van der Waals surface area contributed by atoms with Gasteiger partial charge in [0.25, 0.3) is 0 Å². The number of hydrogen-bond acceptors (Lipinski definition) is 6. The number of imidazole rings is 1. The minimum atomic E-state index is -1.36. The minimum absolute atomic E-state index is 0.0130. The quantitative estimate of drug-likeness (QED) is 0.687. The van der Waals surface area contributed by atoms with Crippen LogP contribution in [-0.2, 0) is 11.8 Å². The van der Waals surface area contributed by atoms with Crippen molar-refractivity contribution in [3.63, 3.8) is 0 Å². The van der Waals surface area contributed by atoms with Gasteiger partial charge in [-0.1, -0.05) is 5.21 Å². The molecule has 0 aromatic carbocycles. The molecule has 3 aliphatic carbocycles. The van der Waals surface area contributed by atoms with Gasteiger partial charge in [0.1, 0.15) is 18.1 Å². The van der Waals surface area contributed by atoms with Crippen molar-refractivity contribution in [2.24, 2.45) is 13.0 Å². The van der Waals surface area contributed by atoms with E-state index in [1.807, 2.05) is 0 Å². The lowest BCUT2D eigenvalue weighted by Gasteiger charge is -2.60. The summed E-state index contributed by atoms with van der Waals surface area (Å²) in [6, 6.07) is 0. The highest BCUT2D eigenvalue weighted by atomic mass is 19.1. The molecular weight excluding hydrogens is 269 g/mol. The molecule has 0 radical (unpaired) electrons. The second kappa shape index (κ2) is 3.41. The highest BCUT2D eigenvalue weighted by Crippen LogP contribution is 2.61. The summed E-state index contributed by atoms with van der Waals surface area (Å²) in [4.78, 5) is 27.5. The molecule has 0 N–H and O–H groups in total. The van der Waals surface area contributed by atoms with Gasteiger partial charge in [0.15, 0.2) is 11.3 Å². The molecule has 104 valence electrons. The van der Waals surface area contributed by atoms with Gasteiger partial charge >= 0.3 is 11.7 Å². The number of nitrogens with zero attached hydrogens (tertiary/aromatic N) is 5. The molecule has 9 heteroatoms. The molecule has 0 amide bonds. The van der Waals surface area contributed by atoms with Crippen molar-refractivity contribution in [2.45, 2.75) is 24.6 Å². The van der Waals surface area contributed by atoms with Crippen LogP contribution < -0.4 is 5.69 Å². The number of ether oxygens (including phenoxy) is 1. The number of aromatic nitrogens is 5. The molecule has 2 bridgehead atoms. The average molecular weight is 279 g/mol. The van der Waals surface area contributed by atoms with E-state index in [2.05, 4.69) is 15.3 Å². The number of alkyl halides is 1. The van der Waals surface area contributed by atoms with Gasteiger partial charge in [0.05, 0.1) is 0 Å². The molecule has 2 aromatic rings. The Balaban J connectivity index is 1.67. The van der Waals surface area contributed by atoms with E-state index in [0.29, 0.717) is 12.8 Å². The molecule has 3 aliphatic rings. The Bertz CT molecular complexity index is 791. The van der Waals surface area contributed by atoms with Gasteiger partial charge in [-0.25, -0.2) is 23.4 Å². The fourth-order valence-corrected chi connectivity index (χ4v) is 2.76. The number of fused-ring (bicyclic) bond motifs is 1. The van der Waals surface area contributed by atoms with E-state index >= 15 is 0 Å². The van der Waals surface area contributed by atoms with Gasteiger partial charge < -0.3 is 4.74 Å². The summed E-state index contributed by atoms with van der Waals surface area (Å²) in [5.74, 6) is -0.664. The smallest absolute Gasteiger partial charge is 0.361 e. The standard InChI is InChI=1S/C11H10FN5O3/c1-16-10(19)17-4-13-6(8(17)14-15-16)9(18)20-7-5-2-11(7,12)3-5/h4-5,7H,2-3H2,1H3. The average Bonchev–Trinajstić information content (AvgIpc) is 2.82. The first-order valence-electron chi connectivity index (χ1n) is 6.16. The van der Waals surface area contributed by atoms with Crippen molar-refractivity contribution in [2.75, 3.05) is 0 Å². The third kappa shape index (κ3) is 1.27. The van der Waals surface area contributed by atoms with E-state index < -0.39 is 23.4 Å². The summed E-state index contributed by atoms with van der Waals surface area (Å²) >= 11 is 0. The first-order chi connectivity index (χ1) is 9.49. The number of hydrogen-bond donors (Lipinski definition) is 0. The summed E-state index contributed by atoms with van der Waals surface area (Å²) < 4.78 is 21.0. The molecule has 2 heterocycles. The second-order valence-corrected chi connectivity index (χ2v) is 5.31. The van der Waals surface area contributed by atoms with Crippen LogP contribution in [0, 0.1) is 5.92 Å². The van der Waals surface area contributed by atoms with Crippen LogP contribution in [0.25, 0.3) is 5.65 Å². The summed E-state index contributed by atoms with van der Waals surface area (Å²) in [7, 11) is 1.43. The third-order valence-corrected chi connectivity index (χ3v) is 4.07. The molecule has 5 rings (SSSR count). The summed E-state index contributed by atoms with van der Waals surface area (Å²) in [6.45, 7) is 0. The van der Waals surface area contributed by atoms with Gasteiger partial charge in [-0.2, -0.15) is 4.68 Å². The second-order valence-electron chi connectivity index (χ2n) is 5.31. The molecule has 8 nitrogen and oxygen atoms in total. The van der Waals surface area contributed by atoms with E-state index in [0.717, 1.165) is 9.08 Å². The monoisotopic (exact) mass is 279 g/mol. The van der Waals surface area contributed by atoms with Crippen molar-refractivity contribution < 1.29 is 13.9 Å². The normalized spacial score (nSPS) is 30.7. The molecular formula is C11H10FN5O3. The third-order valence-electron chi connectivity index (χ3n) is 4.07. The lowest BCUT2D eigenvalue weighted by Crippen LogP contribution is -2.69. The summed E-state index contributed by atoms with van der Waals surface area (Å²) in [6.07, 6.45) is 1.39. The highest BCUT2D eigenvalue weighted by Gasteiger charge is 2.69. The lowest BCUT2D eigenvalue weighted by atomic mass is 9.51. The van der Waals surface area contributed by atoms with E-state index in [1.165, 1.54) is 13.4 Å². The van der Waals surface area contributed by atoms with Gasteiger partial charge in [0, 0.05) is 13.0 Å². The maximum Gasteiger partial charge on any atom is 0.361 e. The van der Waals surface area contributed by atoms with Crippen LogP contribution in [0.4, 0.5) is 4.39 Å². The van der Waals surface area contributed by atoms with Crippen LogP contribution in [0.3, 0.4) is 0 Å². The zero-order valence-electron chi connectivity index (χ0n) is 10.5. The largest absolute Gasteiger partial charge is 0.454 e. The number of carbonyl (C=O) groups is 1. The van der Waals surface area contributed by atoms with Crippen LogP contribution in [0.15, 0.2) is 11.1 Å². The van der Waals surface area contributed by atoms with Crippen LogP contribution in [0.5, 0.6) is 0 Å². The first-order valence-corrected chi connectivity index (χ1v) is 6.16. The summed E-state index contributed by atoms with van der Waals surface area (Å²) in [5.41, 5.74) is -1.95. The Labute approximate surface area is 111 Å². The molecule has 3 saturated carbocycles. The summed E-state index contributed by atoms with van der Waals surface area (Å²) in [5, 5.41) is 7.32. The molecule has 3 fully saturated rings. The molecule has 0 saturated heterocycles. The zero-order chi connectivity index (χ0) is 14.1. The first kappa shape index (κ1) is 11.5. The molecule has 1 atom stereocenters. The maximum absolute atomic E-state index is 13.8. The lowest BCUT2D eigenvalue weighted by molar-refractivity contribution is -0.242. The molecule has 1 unspecified atom stereocenters. The Morgan fingerprint density at radius 2 is 2.30 bits per heavy atom. The van der Waals surface area contributed by atoms with Crippen molar-refractivity contribution in [3.8, 4) is 0 Å². The number of aryl methyl sites for hydroxylation is 1. The molecule has 2 aromatic heterocycles. The number of esters is 1. The molecule has 0 aliphatic heterocycles. The van der Waals surface area contributed by atoms with E-state index in [9.17, 15) is 14.0 Å². The fraction of sp³-hybridized carbons (Fsp3) is 0.545. The van der Waals surface area contributed by atoms with E-state index in [1.54, 1.807) is 0 Å². The number of halogens is 1. The van der Waals surface area contributed by atoms with Crippen LogP contribution in [0.2, 0.25) is 0 Å². The fourth-order valence-electron chi connectivity index (χ4n) is 2.76. The van der Waals surface area contributed by atoms with E-state index in [-0.39, 0.29) is 17.3 Å². The topological polar surface area (TPSA) is 91.4 Å². The van der Waals surface area contributed by atoms with Gasteiger partial charge in [0.2, 0.25) is 0 Å². The predicted octanol–water partition coefficient (Wildman–Crippen LogP) is -0.520.